The van der Waals surface area contributed by atoms with Gasteiger partial charge in [0.25, 0.3) is 5.91 Å². The monoisotopic (exact) mass is 375 g/mol. The number of nitrogens with one attached hydrogen (secondary N) is 1. The maximum atomic E-state index is 12.6. The van der Waals surface area contributed by atoms with E-state index in [1.807, 2.05) is 19.9 Å². The third-order valence-corrected chi connectivity index (χ3v) is 4.90. The number of benzene rings is 1. The van der Waals surface area contributed by atoms with E-state index in [2.05, 4.69) is 5.32 Å². The van der Waals surface area contributed by atoms with Crippen molar-refractivity contribution in [3.05, 3.63) is 50.9 Å². The summed E-state index contributed by atoms with van der Waals surface area (Å²) in [6.45, 7) is 7.30. The minimum atomic E-state index is -0.591. The number of carbonyl (C=O) groups excluding carboxylic acids is 3. The van der Waals surface area contributed by atoms with Crippen molar-refractivity contribution in [3.8, 4) is 0 Å². The molecule has 6 nitrogen and oxygen atoms in total. The average Bonchev–Trinajstić information content (AvgIpc) is 2.89. The van der Waals surface area contributed by atoms with Crippen LogP contribution in [0.15, 0.2) is 18.2 Å². The standard InChI is InChI=1S/C19H21NO5S/c1-6-25-18(22)14-12(4)15(19(23)24-5)26-17(14)20-16(21)13-8-10(2)7-11(3)9-13/h7-9H,6H2,1-5H3,(H,20,21). The number of esters is 2. The Morgan fingerprint density at radius 1 is 1.04 bits per heavy atom. The molecule has 7 heteroatoms. The fourth-order valence-corrected chi connectivity index (χ4v) is 3.73. The van der Waals surface area contributed by atoms with Gasteiger partial charge in [-0.1, -0.05) is 17.2 Å². The zero-order valence-electron chi connectivity index (χ0n) is 15.4. The highest BCUT2D eigenvalue weighted by atomic mass is 32.1. The summed E-state index contributed by atoms with van der Waals surface area (Å²) in [4.78, 5) is 37.2. The molecule has 2 rings (SSSR count). The second kappa shape index (κ2) is 8.14. The van der Waals surface area contributed by atoms with Gasteiger partial charge >= 0.3 is 11.9 Å². The van der Waals surface area contributed by atoms with Gasteiger partial charge in [-0.25, -0.2) is 9.59 Å². The van der Waals surface area contributed by atoms with Crippen molar-refractivity contribution in [3.63, 3.8) is 0 Å². The largest absolute Gasteiger partial charge is 0.465 e. The zero-order chi connectivity index (χ0) is 19.4. The number of rotatable bonds is 5. The predicted octanol–water partition coefficient (Wildman–Crippen LogP) is 3.89. The molecule has 0 radical (unpaired) electrons. The Morgan fingerprint density at radius 2 is 1.65 bits per heavy atom. The summed E-state index contributed by atoms with van der Waals surface area (Å²) in [5.41, 5.74) is 2.99. The maximum Gasteiger partial charge on any atom is 0.348 e. The van der Waals surface area contributed by atoms with Crippen molar-refractivity contribution < 1.29 is 23.9 Å². The summed E-state index contributed by atoms with van der Waals surface area (Å²) in [6.07, 6.45) is 0. The summed E-state index contributed by atoms with van der Waals surface area (Å²) in [5, 5.41) is 3.00. The summed E-state index contributed by atoms with van der Waals surface area (Å²) in [6, 6.07) is 5.48. The smallest absolute Gasteiger partial charge is 0.348 e. The lowest BCUT2D eigenvalue weighted by Gasteiger charge is -2.08. The van der Waals surface area contributed by atoms with Gasteiger partial charge in [-0.05, 0) is 45.4 Å². The quantitative estimate of drug-likeness (QED) is 0.802. The normalized spacial score (nSPS) is 10.3. The molecule has 1 amide bonds. The van der Waals surface area contributed by atoms with Crippen LogP contribution >= 0.6 is 11.3 Å². The van der Waals surface area contributed by atoms with E-state index in [-0.39, 0.29) is 28.0 Å². The van der Waals surface area contributed by atoms with Gasteiger partial charge in [0.05, 0.1) is 19.3 Å². The van der Waals surface area contributed by atoms with Crippen molar-refractivity contribution in [1.82, 2.24) is 0 Å². The molecule has 0 aliphatic rings. The first-order valence-corrected chi connectivity index (χ1v) is 8.88. The highest BCUT2D eigenvalue weighted by molar-refractivity contribution is 7.18. The molecule has 2 aromatic rings. The Morgan fingerprint density at radius 3 is 2.19 bits per heavy atom. The maximum absolute atomic E-state index is 12.6. The molecule has 1 aromatic heterocycles. The van der Waals surface area contributed by atoms with E-state index in [9.17, 15) is 14.4 Å². The van der Waals surface area contributed by atoms with Crippen LogP contribution in [0.4, 0.5) is 5.00 Å². The Kier molecular flexibility index (Phi) is 6.15. The van der Waals surface area contributed by atoms with E-state index in [4.69, 9.17) is 9.47 Å². The van der Waals surface area contributed by atoms with Crippen LogP contribution in [-0.4, -0.2) is 31.6 Å². The van der Waals surface area contributed by atoms with Gasteiger partial charge < -0.3 is 14.8 Å². The van der Waals surface area contributed by atoms with Crippen LogP contribution in [0.2, 0.25) is 0 Å². The van der Waals surface area contributed by atoms with E-state index < -0.39 is 11.9 Å². The Balaban J connectivity index is 2.45. The van der Waals surface area contributed by atoms with Gasteiger partial charge in [0, 0.05) is 5.56 Å². The topological polar surface area (TPSA) is 81.7 Å². The van der Waals surface area contributed by atoms with Gasteiger partial charge in [0.1, 0.15) is 9.88 Å². The molecule has 0 aliphatic heterocycles. The van der Waals surface area contributed by atoms with Gasteiger partial charge in [-0.3, -0.25) is 4.79 Å². The molecule has 1 aromatic carbocycles. The highest BCUT2D eigenvalue weighted by Gasteiger charge is 2.27. The number of aryl methyl sites for hydroxylation is 2. The predicted molar refractivity (Wildman–Crippen MR) is 100 cm³/mol. The summed E-state index contributed by atoms with van der Waals surface area (Å²) >= 11 is 0.997. The van der Waals surface area contributed by atoms with Crippen LogP contribution in [0.1, 0.15) is 54.0 Å². The third-order valence-electron chi connectivity index (χ3n) is 3.71. The lowest BCUT2D eigenvalue weighted by molar-refractivity contribution is 0.0527. The number of amides is 1. The number of hydrogen-bond donors (Lipinski definition) is 1. The first-order valence-electron chi connectivity index (χ1n) is 8.06. The molecule has 0 spiro atoms. The summed E-state index contributed by atoms with van der Waals surface area (Å²) in [5.74, 6) is -1.52. The molecular formula is C19H21NO5S. The number of hydrogen-bond acceptors (Lipinski definition) is 6. The van der Waals surface area contributed by atoms with E-state index in [0.717, 1.165) is 22.5 Å². The Hall–Kier alpha value is -2.67. The molecule has 138 valence electrons. The van der Waals surface area contributed by atoms with Crippen molar-refractivity contribution in [2.75, 3.05) is 19.0 Å². The highest BCUT2D eigenvalue weighted by Crippen LogP contribution is 2.34. The molecule has 1 N–H and O–H groups in total. The lowest BCUT2D eigenvalue weighted by Crippen LogP contribution is -2.15. The van der Waals surface area contributed by atoms with Gasteiger partial charge in [-0.2, -0.15) is 0 Å². The zero-order valence-corrected chi connectivity index (χ0v) is 16.2. The van der Waals surface area contributed by atoms with Crippen LogP contribution in [0.5, 0.6) is 0 Å². The second-order valence-corrected chi connectivity index (χ2v) is 6.82. The van der Waals surface area contributed by atoms with E-state index in [1.54, 1.807) is 26.0 Å². The number of anilines is 1. The fourth-order valence-electron chi connectivity index (χ4n) is 2.62. The van der Waals surface area contributed by atoms with Crippen molar-refractivity contribution in [1.29, 1.82) is 0 Å². The SMILES string of the molecule is CCOC(=O)c1c(NC(=O)c2cc(C)cc(C)c2)sc(C(=O)OC)c1C. The van der Waals surface area contributed by atoms with Crippen LogP contribution in [0.3, 0.4) is 0 Å². The molecule has 0 unspecified atom stereocenters. The number of ether oxygens (including phenoxy) is 2. The average molecular weight is 375 g/mol. The van der Waals surface area contributed by atoms with Crippen molar-refractivity contribution in [2.24, 2.45) is 0 Å². The fraction of sp³-hybridized carbons (Fsp3) is 0.316. The number of carbonyl (C=O) groups is 3. The molecule has 0 fully saturated rings. The van der Waals surface area contributed by atoms with E-state index in [0.29, 0.717) is 11.1 Å². The summed E-state index contributed by atoms with van der Waals surface area (Å²) < 4.78 is 9.82. The minimum absolute atomic E-state index is 0.176. The summed E-state index contributed by atoms with van der Waals surface area (Å²) in [7, 11) is 1.26. The number of methoxy groups -OCH3 is 1. The van der Waals surface area contributed by atoms with Crippen molar-refractivity contribution in [2.45, 2.75) is 27.7 Å². The first kappa shape index (κ1) is 19.7. The second-order valence-electron chi connectivity index (χ2n) is 5.80. The minimum Gasteiger partial charge on any atom is -0.465 e. The number of thiophene rings is 1. The molecule has 0 saturated heterocycles. The third kappa shape index (κ3) is 4.11. The van der Waals surface area contributed by atoms with E-state index in [1.165, 1.54) is 7.11 Å². The molecule has 0 aliphatic carbocycles. The van der Waals surface area contributed by atoms with Crippen LogP contribution in [-0.2, 0) is 9.47 Å². The van der Waals surface area contributed by atoms with Gasteiger partial charge in [0.15, 0.2) is 0 Å². The molecule has 0 saturated carbocycles. The van der Waals surface area contributed by atoms with Crippen molar-refractivity contribution >= 4 is 34.2 Å². The Labute approximate surface area is 156 Å². The molecule has 0 bridgehead atoms. The molecule has 0 atom stereocenters. The molecular weight excluding hydrogens is 354 g/mol. The van der Waals surface area contributed by atoms with Crippen LogP contribution in [0.25, 0.3) is 0 Å². The van der Waals surface area contributed by atoms with Gasteiger partial charge in [0.2, 0.25) is 0 Å². The van der Waals surface area contributed by atoms with Crippen LogP contribution < -0.4 is 5.32 Å². The molecule has 1 heterocycles. The Bertz CT molecular complexity index is 849. The van der Waals surface area contributed by atoms with Gasteiger partial charge in [-0.15, -0.1) is 11.3 Å². The molecule has 26 heavy (non-hydrogen) atoms. The van der Waals surface area contributed by atoms with Crippen LogP contribution in [0, 0.1) is 20.8 Å². The van der Waals surface area contributed by atoms with E-state index >= 15 is 0 Å². The first-order chi connectivity index (χ1) is 12.3. The lowest BCUT2D eigenvalue weighted by atomic mass is 10.1.